The lowest BCUT2D eigenvalue weighted by Gasteiger charge is -2.39. The van der Waals surface area contributed by atoms with E-state index in [9.17, 15) is 9.59 Å². The van der Waals surface area contributed by atoms with E-state index in [-0.39, 0.29) is 6.03 Å². The van der Waals surface area contributed by atoms with E-state index in [0.29, 0.717) is 34.1 Å². The van der Waals surface area contributed by atoms with Crippen molar-refractivity contribution >= 4 is 12.0 Å². The Kier molecular flexibility index (Phi) is 5.64. The lowest BCUT2D eigenvalue weighted by molar-refractivity contribution is -0.137. The molecule has 8 heteroatoms. The predicted octanol–water partition coefficient (Wildman–Crippen LogP) is 2.20. The number of urea groups is 1. The first-order valence-electron chi connectivity index (χ1n) is 7.91. The van der Waals surface area contributed by atoms with Gasteiger partial charge in [0.15, 0.2) is 11.5 Å². The number of likely N-dealkylation sites (N-methyl/N-ethyl adjacent to an activating group) is 1. The van der Waals surface area contributed by atoms with Crippen LogP contribution < -0.4 is 14.2 Å². The zero-order valence-electron chi connectivity index (χ0n) is 16.1. The molecule has 26 heavy (non-hydrogen) atoms. The fourth-order valence-corrected chi connectivity index (χ4v) is 3.08. The maximum Gasteiger partial charge on any atom is 0.337 e. The van der Waals surface area contributed by atoms with Gasteiger partial charge in [0, 0.05) is 19.8 Å². The average molecular weight is 364 g/mol. The molecule has 1 aromatic carbocycles. The van der Waals surface area contributed by atoms with Crippen molar-refractivity contribution in [2.24, 2.45) is 0 Å². The molecule has 0 aliphatic carbocycles. The molecule has 0 spiro atoms. The maximum absolute atomic E-state index is 12.6. The highest BCUT2D eigenvalue weighted by atomic mass is 16.5. The minimum atomic E-state index is -0.653. The standard InChI is InChI=1S/C18H24N2O6/c1-10-14(17(21)26-7)15(20(3)18(22)19(10)2)11-8-12(23-4)16(25-6)13(9-11)24-5/h8-9,15H,1-7H3. The topological polar surface area (TPSA) is 77.5 Å². The number of hydrogen-bond donors (Lipinski definition) is 0. The Bertz CT molecular complexity index is 733. The van der Waals surface area contributed by atoms with Crippen molar-refractivity contribution < 1.29 is 28.5 Å². The summed E-state index contributed by atoms with van der Waals surface area (Å²) in [5.74, 6) is 0.792. The number of amides is 2. The highest BCUT2D eigenvalue weighted by Crippen LogP contribution is 2.44. The van der Waals surface area contributed by atoms with E-state index in [0.717, 1.165) is 0 Å². The third kappa shape index (κ3) is 3.02. The fourth-order valence-electron chi connectivity index (χ4n) is 3.08. The Morgan fingerprint density at radius 2 is 1.54 bits per heavy atom. The van der Waals surface area contributed by atoms with Crippen LogP contribution in [-0.4, -0.2) is 64.3 Å². The summed E-state index contributed by atoms with van der Waals surface area (Å²) in [7, 11) is 9.07. The number of carbonyl (C=O) groups is 2. The Morgan fingerprint density at radius 1 is 1.00 bits per heavy atom. The van der Waals surface area contributed by atoms with Gasteiger partial charge in [0.1, 0.15) is 0 Å². The molecule has 1 aliphatic rings. The van der Waals surface area contributed by atoms with Crippen molar-refractivity contribution in [3.05, 3.63) is 29.0 Å². The first kappa shape index (κ1) is 19.4. The number of esters is 1. The van der Waals surface area contributed by atoms with Crippen molar-refractivity contribution in [1.29, 1.82) is 0 Å². The van der Waals surface area contributed by atoms with Crippen molar-refractivity contribution in [3.63, 3.8) is 0 Å². The first-order valence-corrected chi connectivity index (χ1v) is 7.91. The van der Waals surface area contributed by atoms with Crippen LogP contribution in [0.2, 0.25) is 0 Å². The van der Waals surface area contributed by atoms with Gasteiger partial charge in [-0.05, 0) is 24.6 Å². The summed E-state index contributed by atoms with van der Waals surface area (Å²) in [6.07, 6.45) is 0. The molecule has 2 amide bonds. The van der Waals surface area contributed by atoms with Crippen LogP contribution in [0, 0.1) is 0 Å². The number of rotatable bonds is 5. The van der Waals surface area contributed by atoms with Crippen LogP contribution in [-0.2, 0) is 9.53 Å². The van der Waals surface area contributed by atoms with Gasteiger partial charge >= 0.3 is 12.0 Å². The summed E-state index contributed by atoms with van der Waals surface area (Å²) in [5.41, 5.74) is 1.54. The molecule has 0 aromatic heterocycles. The van der Waals surface area contributed by atoms with Crippen LogP contribution >= 0.6 is 0 Å². The highest BCUT2D eigenvalue weighted by Gasteiger charge is 2.39. The van der Waals surface area contributed by atoms with E-state index in [1.165, 1.54) is 38.2 Å². The van der Waals surface area contributed by atoms with Gasteiger partial charge in [-0.1, -0.05) is 0 Å². The van der Waals surface area contributed by atoms with E-state index in [4.69, 9.17) is 18.9 Å². The van der Waals surface area contributed by atoms with Gasteiger partial charge < -0.3 is 28.7 Å². The Labute approximate surface area is 152 Å². The van der Waals surface area contributed by atoms with Crippen LogP contribution in [0.4, 0.5) is 4.79 Å². The Balaban J connectivity index is 2.74. The predicted molar refractivity (Wildman–Crippen MR) is 94.5 cm³/mol. The Hall–Kier alpha value is -2.90. The molecular formula is C18H24N2O6. The number of benzene rings is 1. The van der Waals surface area contributed by atoms with Crippen LogP contribution in [0.25, 0.3) is 0 Å². The van der Waals surface area contributed by atoms with Gasteiger partial charge in [-0.2, -0.15) is 0 Å². The molecule has 0 fully saturated rings. The second kappa shape index (κ2) is 7.55. The minimum Gasteiger partial charge on any atom is -0.493 e. The van der Waals surface area contributed by atoms with E-state index >= 15 is 0 Å². The summed E-state index contributed by atoms with van der Waals surface area (Å²) >= 11 is 0. The largest absolute Gasteiger partial charge is 0.493 e. The SMILES string of the molecule is COC(=O)C1=C(C)N(C)C(=O)N(C)C1c1cc(OC)c(OC)c(OC)c1. The zero-order valence-corrected chi connectivity index (χ0v) is 16.1. The molecule has 1 aliphatic heterocycles. The van der Waals surface area contributed by atoms with E-state index in [2.05, 4.69) is 0 Å². The third-order valence-corrected chi connectivity index (χ3v) is 4.55. The van der Waals surface area contributed by atoms with Gasteiger partial charge in [0.25, 0.3) is 0 Å². The molecule has 0 N–H and O–H groups in total. The van der Waals surface area contributed by atoms with Gasteiger partial charge in [0.05, 0.1) is 40.1 Å². The Morgan fingerprint density at radius 3 is 1.96 bits per heavy atom. The van der Waals surface area contributed by atoms with Crippen molar-refractivity contribution in [3.8, 4) is 17.2 Å². The summed E-state index contributed by atoms with van der Waals surface area (Å²) in [5, 5.41) is 0. The lowest BCUT2D eigenvalue weighted by Crippen LogP contribution is -2.47. The third-order valence-electron chi connectivity index (χ3n) is 4.55. The first-order chi connectivity index (χ1) is 12.3. The monoisotopic (exact) mass is 364 g/mol. The molecule has 0 bridgehead atoms. The molecular weight excluding hydrogens is 340 g/mol. The second-order valence-electron chi connectivity index (χ2n) is 5.80. The van der Waals surface area contributed by atoms with Gasteiger partial charge in [-0.15, -0.1) is 0 Å². The molecule has 142 valence electrons. The molecule has 0 saturated heterocycles. The number of hydrogen-bond acceptors (Lipinski definition) is 6. The molecule has 2 rings (SSSR count). The molecule has 1 heterocycles. The van der Waals surface area contributed by atoms with Gasteiger partial charge in [0.2, 0.25) is 5.75 Å². The molecule has 1 aromatic rings. The smallest absolute Gasteiger partial charge is 0.337 e. The summed E-state index contributed by atoms with van der Waals surface area (Å²) in [6.45, 7) is 1.71. The molecule has 1 atom stereocenters. The number of methoxy groups -OCH3 is 4. The molecule has 8 nitrogen and oxygen atoms in total. The van der Waals surface area contributed by atoms with Crippen LogP contribution in [0.3, 0.4) is 0 Å². The number of carbonyl (C=O) groups excluding carboxylic acids is 2. The maximum atomic E-state index is 12.6. The second-order valence-corrected chi connectivity index (χ2v) is 5.80. The summed E-state index contributed by atoms with van der Waals surface area (Å²) in [4.78, 5) is 27.9. The van der Waals surface area contributed by atoms with Crippen LogP contribution in [0.15, 0.2) is 23.4 Å². The van der Waals surface area contributed by atoms with Crippen molar-refractivity contribution in [1.82, 2.24) is 9.80 Å². The van der Waals surface area contributed by atoms with Crippen molar-refractivity contribution in [2.45, 2.75) is 13.0 Å². The summed E-state index contributed by atoms with van der Waals surface area (Å²) in [6, 6.07) is 2.54. The fraction of sp³-hybridized carbons (Fsp3) is 0.444. The van der Waals surface area contributed by atoms with E-state index in [1.807, 2.05) is 0 Å². The highest BCUT2D eigenvalue weighted by molar-refractivity contribution is 5.95. The van der Waals surface area contributed by atoms with Crippen molar-refractivity contribution in [2.75, 3.05) is 42.5 Å². The lowest BCUT2D eigenvalue weighted by atomic mass is 9.93. The molecule has 1 unspecified atom stereocenters. The molecule has 0 radical (unpaired) electrons. The molecule has 0 saturated carbocycles. The van der Waals surface area contributed by atoms with E-state index in [1.54, 1.807) is 33.2 Å². The van der Waals surface area contributed by atoms with Gasteiger partial charge in [-0.25, -0.2) is 9.59 Å². The van der Waals surface area contributed by atoms with E-state index < -0.39 is 12.0 Å². The quantitative estimate of drug-likeness (QED) is 0.746. The average Bonchev–Trinajstić information content (AvgIpc) is 2.66. The van der Waals surface area contributed by atoms with Gasteiger partial charge in [-0.3, -0.25) is 0 Å². The normalized spacial score (nSPS) is 17.3. The van der Waals surface area contributed by atoms with Crippen LogP contribution in [0.5, 0.6) is 17.2 Å². The zero-order chi connectivity index (χ0) is 19.6. The summed E-state index contributed by atoms with van der Waals surface area (Å²) < 4.78 is 21.1. The number of ether oxygens (including phenoxy) is 4. The number of nitrogens with zero attached hydrogens (tertiary/aromatic N) is 2. The minimum absolute atomic E-state index is 0.242. The van der Waals surface area contributed by atoms with Crippen LogP contribution in [0.1, 0.15) is 18.5 Å². The number of allylic oxidation sites excluding steroid dienone is 1.